The number of benzene rings is 2. The standard InChI is InChI=1S/C26H25F3N2O6S/c1-2-23(32)36-11-3-4-18-6-5-16(15-30)12-22(18)31-24(33)21-14-25(21)10-9-17-7-8-19(13-20(17)25)37-38(34,35)26(27,28)29/h5-8,12-13,21H,2-4,9-11,14H2,1H3,(H,31,33). The monoisotopic (exact) mass is 550 g/mol. The first kappa shape index (κ1) is 27.4. The lowest BCUT2D eigenvalue weighted by atomic mass is 9.94. The number of hydrogen-bond acceptors (Lipinski definition) is 7. The molecule has 202 valence electrons. The first-order valence-electron chi connectivity index (χ1n) is 12.0. The van der Waals surface area contributed by atoms with Gasteiger partial charge in [0.2, 0.25) is 5.91 Å². The van der Waals surface area contributed by atoms with E-state index >= 15 is 0 Å². The zero-order valence-corrected chi connectivity index (χ0v) is 21.2. The van der Waals surface area contributed by atoms with Crippen LogP contribution in [0.15, 0.2) is 36.4 Å². The fourth-order valence-electron chi connectivity index (χ4n) is 4.93. The van der Waals surface area contributed by atoms with E-state index in [2.05, 4.69) is 9.50 Å². The molecule has 0 aliphatic heterocycles. The van der Waals surface area contributed by atoms with Crippen LogP contribution in [-0.2, 0) is 42.7 Å². The van der Waals surface area contributed by atoms with Crippen LogP contribution >= 0.6 is 0 Å². The molecular weight excluding hydrogens is 525 g/mol. The Balaban J connectivity index is 1.49. The fraction of sp³-hybridized carbons (Fsp3) is 0.423. The molecule has 1 N–H and O–H groups in total. The Labute approximate surface area is 217 Å². The number of hydrogen-bond donors (Lipinski definition) is 1. The zero-order valence-electron chi connectivity index (χ0n) is 20.4. The van der Waals surface area contributed by atoms with Gasteiger partial charge in [0.25, 0.3) is 0 Å². The largest absolute Gasteiger partial charge is 0.534 e. The number of anilines is 1. The second-order valence-corrected chi connectivity index (χ2v) is 10.9. The summed E-state index contributed by atoms with van der Waals surface area (Å²) in [6.07, 6.45) is 2.91. The van der Waals surface area contributed by atoms with Gasteiger partial charge in [0.15, 0.2) is 0 Å². The Kier molecular flexibility index (Phi) is 7.43. The smallest absolute Gasteiger partial charge is 0.466 e. The van der Waals surface area contributed by atoms with E-state index in [1.165, 1.54) is 18.2 Å². The summed E-state index contributed by atoms with van der Waals surface area (Å²) in [7, 11) is -5.82. The molecular formula is C26H25F3N2O6S. The van der Waals surface area contributed by atoms with Crippen molar-refractivity contribution in [3.05, 3.63) is 58.7 Å². The predicted molar refractivity (Wildman–Crippen MR) is 130 cm³/mol. The van der Waals surface area contributed by atoms with Crippen molar-refractivity contribution in [3.8, 4) is 11.8 Å². The SMILES string of the molecule is CCC(=O)OCCCc1ccc(C#N)cc1NC(=O)C1CC12CCc1ccc(OS(=O)(=O)C(F)(F)F)cc12. The highest BCUT2D eigenvalue weighted by Crippen LogP contribution is 2.62. The minimum atomic E-state index is -5.82. The number of rotatable bonds is 9. The highest BCUT2D eigenvalue weighted by molar-refractivity contribution is 7.88. The van der Waals surface area contributed by atoms with Gasteiger partial charge in [-0.15, -0.1) is 0 Å². The molecule has 2 aliphatic carbocycles. The summed E-state index contributed by atoms with van der Waals surface area (Å²) < 4.78 is 70.6. The van der Waals surface area contributed by atoms with Crippen molar-refractivity contribution in [1.29, 1.82) is 5.26 Å². The van der Waals surface area contributed by atoms with Crippen molar-refractivity contribution >= 4 is 27.7 Å². The van der Waals surface area contributed by atoms with Gasteiger partial charge in [-0.05, 0) is 73.1 Å². The van der Waals surface area contributed by atoms with Crippen molar-refractivity contribution in [1.82, 2.24) is 0 Å². The van der Waals surface area contributed by atoms with Crippen molar-refractivity contribution in [3.63, 3.8) is 0 Å². The van der Waals surface area contributed by atoms with Crippen LogP contribution in [0.2, 0.25) is 0 Å². The van der Waals surface area contributed by atoms with Crippen LogP contribution < -0.4 is 9.50 Å². The number of nitrogens with zero attached hydrogens (tertiary/aromatic N) is 1. The van der Waals surface area contributed by atoms with Crippen LogP contribution in [0.25, 0.3) is 0 Å². The van der Waals surface area contributed by atoms with Gasteiger partial charge in [0.1, 0.15) is 5.75 Å². The fourth-order valence-corrected chi connectivity index (χ4v) is 5.38. The Morgan fingerprint density at radius 2 is 1.97 bits per heavy atom. The number of carbonyl (C=O) groups excluding carboxylic acids is 2. The van der Waals surface area contributed by atoms with Crippen LogP contribution in [0.1, 0.15) is 54.9 Å². The van der Waals surface area contributed by atoms with Crippen molar-refractivity contribution in [2.75, 3.05) is 11.9 Å². The van der Waals surface area contributed by atoms with Gasteiger partial charge in [-0.25, -0.2) is 0 Å². The van der Waals surface area contributed by atoms with Crippen LogP contribution in [-0.4, -0.2) is 32.4 Å². The molecule has 0 heterocycles. The molecule has 4 rings (SSSR count). The molecule has 38 heavy (non-hydrogen) atoms. The number of halogens is 3. The summed E-state index contributed by atoms with van der Waals surface area (Å²) in [5.41, 5.74) is -3.17. The minimum absolute atomic E-state index is 0.219. The summed E-state index contributed by atoms with van der Waals surface area (Å²) in [6, 6.07) is 10.9. The molecule has 8 nitrogen and oxygen atoms in total. The van der Waals surface area contributed by atoms with Gasteiger partial charge in [-0.1, -0.05) is 19.1 Å². The minimum Gasteiger partial charge on any atom is -0.466 e. The topological polar surface area (TPSA) is 123 Å². The third-order valence-corrected chi connectivity index (χ3v) is 7.96. The van der Waals surface area contributed by atoms with E-state index < -0.39 is 32.7 Å². The second kappa shape index (κ2) is 10.3. The summed E-state index contributed by atoms with van der Waals surface area (Å²) in [6.45, 7) is 1.92. The van der Waals surface area contributed by atoms with Gasteiger partial charge in [0, 0.05) is 23.4 Å². The van der Waals surface area contributed by atoms with E-state index in [1.807, 2.05) is 6.07 Å². The first-order chi connectivity index (χ1) is 17.9. The highest BCUT2D eigenvalue weighted by Gasteiger charge is 2.61. The molecule has 1 fully saturated rings. The van der Waals surface area contributed by atoms with Gasteiger partial charge in [0.05, 0.1) is 18.2 Å². The maximum Gasteiger partial charge on any atom is 0.534 e. The van der Waals surface area contributed by atoms with Crippen molar-refractivity contribution in [2.45, 2.75) is 56.4 Å². The van der Waals surface area contributed by atoms with Crippen molar-refractivity contribution in [2.24, 2.45) is 5.92 Å². The highest BCUT2D eigenvalue weighted by atomic mass is 32.2. The van der Waals surface area contributed by atoms with E-state index in [-0.39, 0.29) is 24.9 Å². The Morgan fingerprint density at radius 3 is 2.66 bits per heavy atom. The molecule has 2 aromatic carbocycles. The number of ether oxygens (including phenoxy) is 1. The van der Waals surface area contributed by atoms with Crippen molar-refractivity contribution < 1.29 is 40.1 Å². The molecule has 2 aliphatic rings. The molecule has 0 bridgehead atoms. The second-order valence-electron chi connectivity index (χ2n) is 9.37. The Bertz CT molecular complexity index is 1420. The van der Waals surface area contributed by atoms with Crippen LogP contribution in [0.4, 0.5) is 18.9 Å². The summed E-state index contributed by atoms with van der Waals surface area (Å²) in [5.74, 6) is -1.55. The lowest BCUT2D eigenvalue weighted by Crippen LogP contribution is -2.28. The number of aryl methyl sites for hydroxylation is 2. The lowest BCUT2D eigenvalue weighted by molar-refractivity contribution is -0.143. The molecule has 0 radical (unpaired) electrons. The predicted octanol–water partition coefficient (Wildman–Crippen LogP) is 4.52. The summed E-state index contributed by atoms with van der Waals surface area (Å²) in [5, 5.41) is 12.2. The average Bonchev–Trinajstić information content (AvgIpc) is 3.50. The molecule has 1 spiro atoms. The Hall–Kier alpha value is -3.59. The molecule has 2 atom stereocenters. The van der Waals surface area contributed by atoms with Gasteiger partial charge < -0.3 is 14.2 Å². The van der Waals surface area contributed by atoms with E-state index in [1.54, 1.807) is 25.1 Å². The Morgan fingerprint density at radius 1 is 1.21 bits per heavy atom. The summed E-state index contributed by atoms with van der Waals surface area (Å²) in [4.78, 5) is 24.6. The maximum atomic E-state index is 13.3. The van der Waals surface area contributed by atoms with E-state index in [4.69, 9.17) is 4.74 Å². The van der Waals surface area contributed by atoms with Crippen LogP contribution in [0, 0.1) is 17.2 Å². The number of nitrogens with one attached hydrogen (secondary N) is 1. The molecule has 2 unspecified atom stereocenters. The van der Waals surface area contributed by atoms with Gasteiger partial charge in [-0.3, -0.25) is 9.59 Å². The van der Waals surface area contributed by atoms with Gasteiger partial charge in [-0.2, -0.15) is 26.9 Å². The number of esters is 1. The third-order valence-electron chi connectivity index (χ3n) is 6.98. The molecule has 2 aromatic rings. The summed E-state index contributed by atoms with van der Waals surface area (Å²) >= 11 is 0. The first-order valence-corrected chi connectivity index (χ1v) is 13.4. The molecule has 0 saturated heterocycles. The quantitative estimate of drug-likeness (QED) is 0.211. The lowest BCUT2D eigenvalue weighted by Gasteiger charge is -2.16. The van der Waals surface area contributed by atoms with Crippen LogP contribution in [0.3, 0.4) is 0 Å². The van der Waals surface area contributed by atoms with Crippen LogP contribution in [0.5, 0.6) is 5.75 Å². The molecule has 1 amide bonds. The normalized spacial score (nSPS) is 19.9. The van der Waals surface area contributed by atoms with E-state index in [0.717, 1.165) is 11.1 Å². The van der Waals surface area contributed by atoms with E-state index in [9.17, 15) is 36.4 Å². The third kappa shape index (κ3) is 5.48. The maximum absolute atomic E-state index is 13.3. The zero-order chi connectivity index (χ0) is 27.7. The molecule has 1 saturated carbocycles. The number of fused-ring (bicyclic) bond motifs is 2. The van der Waals surface area contributed by atoms with E-state index in [0.29, 0.717) is 48.9 Å². The number of alkyl halides is 3. The molecule has 12 heteroatoms. The molecule has 0 aromatic heterocycles. The van der Waals surface area contributed by atoms with Gasteiger partial charge >= 0.3 is 21.6 Å². The average molecular weight is 551 g/mol. The number of carbonyl (C=O) groups is 2. The number of amides is 1. The number of nitriles is 1.